The molecule has 0 bridgehead atoms. The van der Waals surface area contributed by atoms with Crippen LogP contribution in [0.25, 0.3) is 0 Å². The van der Waals surface area contributed by atoms with E-state index in [1.807, 2.05) is 29.2 Å². The summed E-state index contributed by atoms with van der Waals surface area (Å²) in [7, 11) is 0. The van der Waals surface area contributed by atoms with E-state index < -0.39 is 0 Å². The molecule has 1 fully saturated rings. The number of nitrogens with two attached hydrogens (primary N) is 1. The van der Waals surface area contributed by atoms with Gasteiger partial charge in [-0.05, 0) is 23.5 Å². The van der Waals surface area contributed by atoms with Crippen molar-refractivity contribution in [1.82, 2.24) is 10.3 Å². The molecule has 3 N–H and O–H groups in total. The number of amides is 2. The van der Waals surface area contributed by atoms with Gasteiger partial charge < -0.3 is 4.90 Å². The second-order valence-corrected chi connectivity index (χ2v) is 5.69. The van der Waals surface area contributed by atoms with Gasteiger partial charge in [0.2, 0.25) is 11.8 Å². The molecule has 1 saturated heterocycles. The molecule has 1 aliphatic rings. The highest BCUT2D eigenvalue weighted by Gasteiger charge is 2.28. The zero-order chi connectivity index (χ0) is 15.2. The number of carbonyl (C=O) groups excluding carboxylic acids is 2. The van der Waals surface area contributed by atoms with E-state index in [2.05, 4.69) is 12.3 Å². The molecule has 21 heavy (non-hydrogen) atoms. The van der Waals surface area contributed by atoms with Gasteiger partial charge in [0.25, 0.3) is 0 Å². The lowest BCUT2D eigenvalue weighted by Crippen LogP contribution is -2.31. The molecule has 5 heteroatoms. The molecule has 2 rings (SSSR count). The third-order valence-electron chi connectivity index (χ3n) is 3.91. The Hall–Kier alpha value is -1.88. The molecular weight excluding hydrogens is 266 g/mol. The van der Waals surface area contributed by atoms with Crippen molar-refractivity contribution in [3.8, 4) is 0 Å². The summed E-state index contributed by atoms with van der Waals surface area (Å²) in [5.41, 5.74) is 4.13. The van der Waals surface area contributed by atoms with Crippen LogP contribution < -0.4 is 11.3 Å². The van der Waals surface area contributed by atoms with E-state index >= 15 is 0 Å². The van der Waals surface area contributed by atoms with Crippen LogP contribution in [0.2, 0.25) is 0 Å². The zero-order valence-electron chi connectivity index (χ0n) is 12.5. The molecule has 0 saturated carbocycles. The molecule has 0 radical (unpaired) electrons. The Balaban J connectivity index is 1.91. The predicted molar refractivity (Wildman–Crippen MR) is 80.9 cm³/mol. The molecule has 5 nitrogen and oxygen atoms in total. The molecule has 1 aromatic rings. The van der Waals surface area contributed by atoms with Gasteiger partial charge in [-0.2, -0.15) is 0 Å². The number of hydrogen-bond donors (Lipinski definition) is 2. The Bertz CT molecular complexity index is 499. The SMILES string of the molecule is CCCC1CC(=O)N(Cc2ccc(CC(=O)NN)cc2)C1. The Labute approximate surface area is 125 Å². The van der Waals surface area contributed by atoms with Crippen molar-refractivity contribution >= 4 is 11.8 Å². The average molecular weight is 289 g/mol. The first-order chi connectivity index (χ1) is 10.1. The molecule has 1 unspecified atom stereocenters. The number of carbonyl (C=O) groups is 2. The maximum Gasteiger partial charge on any atom is 0.238 e. The molecule has 0 aliphatic carbocycles. The normalized spacial score (nSPS) is 18.1. The standard InChI is InChI=1S/C16H23N3O2/c1-2-3-14-9-16(21)19(11-14)10-13-6-4-12(5-7-13)8-15(20)18-17/h4-7,14H,2-3,8-11,17H2,1H3,(H,18,20). The summed E-state index contributed by atoms with van der Waals surface area (Å²) in [5.74, 6) is 5.62. The van der Waals surface area contributed by atoms with Crippen LogP contribution in [-0.2, 0) is 22.6 Å². The fourth-order valence-corrected chi connectivity index (χ4v) is 2.83. The molecule has 2 amide bonds. The molecule has 1 aliphatic heterocycles. The van der Waals surface area contributed by atoms with Crippen molar-refractivity contribution in [3.05, 3.63) is 35.4 Å². The van der Waals surface area contributed by atoms with Gasteiger partial charge in [-0.1, -0.05) is 37.6 Å². The van der Waals surface area contributed by atoms with Crippen LogP contribution in [0.5, 0.6) is 0 Å². The lowest BCUT2D eigenvalue weighted by atomic mass is 10.0. The van der Waals surface area contributed by atoms with Crippen molar-refractivity contribution in [2.75, 3.05) is 6.54 Å². The summed E-state index contributed by atoms with van der Waals surface area (Å²) in [4.78, 5) is 25.1. The summed E-state index contributed by atoms with van der Waals surface area (Å²) < 4.78 is 0. The number of rotatable bonds is 6. The summed E-state index contributed by atoms with van der Waals surface area (Å²) >= 11 is 0. The minimum atomic E-state index is -0.208. The summed E-state index contributed by atoms with van der Waals surface area (Å²) in [6, 6.07) is 7.77. The molecule has 1 heterocycles. The lowest BCUT2D eigenvalue weighted by molar-refractivity contribution is -0.128. The second-order valence-electron chi connectivity index (χ2n) is 5.69. The topological polar surface area (TPSA) is 75.4 Å². The van der Waals surface area contributed by atoms with Crippen LogP contribution in [-0.4, -0.2) is 23.3 Å². The predicted octanol–water partition coefficient (Wildman–Crippen LogP) is 1.37. The number of hydrogen-bond acceptors (Lipinski definition) is 3. The number of likely N-dealkylation sites (tertiary alicyclic amines) is 1. The second kappa shape index (κ2) is 7.22. The first kappa shape index (κ1) is 15.5. The highest BCUT2D eigenvalue weighted by atomic mass is 16.2. The molecular formula is C16H23N3O2. The highest BCUT2D eigenvalue weighted by molar-refractivity contribution is 5.79. The van der Waals surface area contributed by atoms with E-state index in [0.29, 0.717) is 18.9 Å². The molecule has 0 spiro atoms. The number of nitrogens with zero attached hydrogens (tertiary/aromatic N) is 1. The first-order valence-corrected chi connectivity index (χ1v) is 7.47. The molecule has 114 valence electrons. The van der Waals surface area contributed by atoms with Crippen molar-refractivity contribution in [2.24, 2.45) is 11.8 Å². The van der Waals surface area contributed by atoms with Crippen molar-refractivity contribution in [2.45, 2.75) is 39.2 Å². The fraction of sp³-hybridized carbons (Fsp3) is 0.500. The van der Waals surface area contributed by atoms with E-state index in [4.69, 9.17) is 5.84 Å². The third-order valence-corrected chi connectivity index (χ3v) is 3.91. The van der Waals surface area contributed by atoms with Crippen LogP contribution in [0.4, 0.5) is 0 Å². The van der Waals surface area contributed by atoms with Crippen molar-refractivity contribution < 1.29 is 9.59 Å². The summed E-state index contributed by atoms with van der Waals surface area (Å²) in [6.07, 6.45) is 3.21. The van der Waals surface area contributed by atoms with Crippen LogP contribution >= 0.6 is 0 Å². The number of nitrogens with one attached hydrogen (secondary N) is 1. The maximum absolute atomic E-state index is 12.0. The Morgan fingerprint density at radius 3 is 2.62 bits per heavy atom. The van der Waals surface area contributed by atoms with Crippen molar-refractivity contribution in [1.29, 1.82) is 0 Å². The van der Waals surface area contributed by atoms with Gasteiger partial charge in [0, 0.05) is 19.5 Å². The van der Waals surface area contributed by atoms with E-state index in [0.717, 1.165) is 30.5 Å². The van der Waals surface area contributed by atoms with Gasteiger partial charge in [-0.25, -0.2) is 5.84 Å². The number of hydrazine groups is 1. The quantitative estimate of drug-likeness (QED) is 0.472. The largest absolute Gasteiger partial charge is 0.338 e. The highest BCUT2D eigenvalue weighted by Crippen LogP contribution is 2.23. The van der Waals surface area contributed by atoms with Gasteiger partial charge in [0.15, 0.2) is 0 Å². The van der Waals surface area contributed by atoms with Gasteiger partial charge in [0.1, 0.15) is 0 Å². The smallest absolute Gasteiger partial charge is 0.238 e. The first-order valence-electron chi connectivity index (χ1n) is 7.47. The summed E-state index contributed by atoms with van der Waals surface area (Å²) in [6.45, 7) is 3.68. The molecule has 0 aromatic heterocycles. The van der Waals surface area contributed by atoms with Gasteiger partial charge in [0.05, 0.1) is 6.42 Å². The van der Waals surface area contributed by atoms with E-state index in [1.165, 1.54) is 0 Å². The lowest BCUT2D eigenvalue weighted by Gasteiger charge is -2.17. The number of benzene rings is 1. The average Bonchev–Trinajstić information content (AvgIpc) is 2.81. The van der Waals surface area contributed by atoms with Gasteiger partial charge in [-0.3, -0.25) is 15.0 Å². The Morgan fingerprint density at radius 2 is 2.00 bits per heavy atom. The summed E-state index contributed by atoms with van der Waals surface area (Å²) in [5, 5.41) is 0. The minimum Gasteiger partial charge on any atom is -0.338 e. The van der Waals surface area contributed by atoms with Crippen LogP contribution in [0.15, 0.2) is 24.3 Å². The van der Waals surface area contributed by atoms with Crippen molar-refractivity contribution in [3.63, 3.8) is 0 Å². The van der Waals surface area contributed by atoms with Crippen LogP contribution in [0.3, 0.4) is 0 Å². The zero-order valence-corrected chi connectivity index (χ0v) is 12.5. The van der Waals surface area contributed by atoms with Gasteiger partial charge in [-0.15, -0.1) is 0 Å². The monoisotopic (exact) mass is 289 g/mol. The Kier molecular flexibility index (Phi) is 5.33. The molecule has 1 atom stereocenters. The van der Waals surface area contributed by atoms with Gasteiger partial charge >= 0.3 is 0 Å². The van der Waals surface area contributed by atoms with E-state index in [9.17, 15) is 9.59 Å². The fourth-order valence-electron chi connectivity index (χ4n) is 2.83. The minimum absolute atomic E-state index is 0.208. The maximum atomic E-state index is 12.0. The van der Waals surface area contributed by atoms with E-state index in [1.54, 1.807) is 0 Å². The van der Waals surface area contributed by atoms with E-state index in [-0.39, 0.29) is 18.2 Å². The van der Waals surface area contributed by atoms with Crippen LogP contribution in [0, 0.1) is 5.92 Å². The third kappa shape index (κ3) is 4.29. The Morgan fingerprint density at radius 1 is 1.33 bits per heavy atom. The van der Waals surface area contributed by atoms with Crippen LogP contribution in [0.1, 0.15) is 37.3 Å². The molecule has 1 aromatic carbocycles.